The maximum Gasteiger partial charge on any atom is 0.243 e. The second kappa shape index (κ2) is 5.20. The predicted molar refractivity (Wildman–Crippen MR) is 78.9 cm³/mol. The lowest BCUT2D eigenvalue weighted by Crippen LogP contribution is -2.25. The van der Waals surface area contributed by atoms with Gasteiger partial charge in [0, 0.05) is 19.0 Å². The number of halogens is 1. The zero-order valence-corrected chi connectivity index (χ0v) is 12.4. The summed E-state index contributed by atoms with van der Waals surface area (Å²) in [5, 5.41) is 0. The molecule has 1 heterocycles. The minimum absolute atomic E-state index is 0.309. The number of fused-ring (bicyclic) bond motifs is 1. The Morgan fingerprint density at radius 3 is 2.25 bits per heavy atom. The molecule has 0 aliphatic carbocycles. The SMILES string of the molecule is O=S(=O)(c1cccc(CCl)c1)N1Cc2ccccc2C1. The molecule has 0 spiro atoms. The number of benzene rings is 2. The summed E-state index contributed by atoms with van der Waals surface area (Å²) >= 11 is 5.77. The van der Waals surface area contributed by atoms with E-state index in [0.29, 0.717) is 23.9 Å². The van der Waals surface area contributed by atoms with Crippen LogP contribution in [0.25, 0.3) is 0 Å². The quantitative estimate of drug-likeness (QED) is 0.817. The molecule has 0 unspecified atom stereocenters. The van der Waals surface area contributed by atoms with Crippen molar-refractivity contribution >= 4 is 21.6 Å². The third kappa shape index (κ3) is 2.35. The van der Waals surface area contributed by atoms with Gasteiger partial charge in [-0.2, -0.15) is 4.31 Å². The molecule has 1 aliphatic rings. The van der Waals surface area contributed by atoms with E-state index in [0.717, 1.165) is 16.7 Å². The molecule has 0 saturated heterocycles. The Morgan fingerprint density at radius 1 is 1.00 bits per heavy atom. The van der Waals surface area contributed by atoms with Crippen LogP contribution in [0, 0.1) is 0 Å². The van der Waals surface area contributed by atoms with Crippen LogP contribution in [-0.2, 0) is 29.0 Å². The van der Waals surface area contributed by atoms with Crippen LogP contribution in [0.5, 0.6) is 0 Å². The molecular weight excluding hydrogens is 294 g/mol. The van der Waals surface area contributed by atoms with Crippen molar-refractivity contribution < 1.29 is 8.42 Å². The van der Waals surface area contributed by atoms with E-state index in [1.807, 2.05) is 30.3 Å². The first-order chi connectivity index (χ1) is 9.61. The number of sulfonamides is 1. The Labute approximate surface area is 123 Å². The van der Waals surface area contributed by atoms with Crippen molar-refractivity contribution in [1.29, 1.82) is 0 Å². The molecule has 0 bridgehead atoms. The number of nitrogens with zero attached hydrogens (tertiary/aromatic N) is 1. The average Bonchev–Trinajstić information content (AvgIpc) is 2.92. The summed E-state index contributed by atoms with van der Waals surface area (Å²) in [6.45, 7) is 0.868. The van der Waals surface area contributed by atoms with Crippen LogP contribution >= 0.6 is 11.6 Å². The first-order valence-corrected chi connectivity index (χ1v) is 8.30. The second-order valence-corrected chi connectivity index (χ2v) is 7.03. The topological polar surface area (TPSA) is 37.4 Å². The van der Waals surface area contributed by atoms with Crippen molar-refractivity contribution in [2.45, 2.75) is 23.9 Å². The summed E-state index contributed by atoms with van der Waals surface area (Å²) < 4.78 is 26.8. The standard InChI is InChI=1S/C15H14ClNO2S/c16-9-12-4-3-7-15(8-12)20(18,19)17-10-13-5-1-2-6-14(13)11-17/h1-8H,9-11H2. The van der Waals surface area contributed by atoms with Crippen molar-refractivity contribution in [3.63, 3.8) is 0 Å². The molecule has 5 heteroatoms. The highest BCUT2D eigenvalue weighted by atomic mass is 35.5. The van der Waals surface area contributed by atoms with Gasteiger partial charge in [-0.25, -0.2) is 8.42 Å². The minimum Gasteiger partial charge on any atom is -0.207 e. The van der Waals surface area contributed by atoms with Crippen molar-refractivity contribution in [3.05, 3.63) is 65.2 Å². The molecule has 1 aliphatic heterocycles. The molecule has 2 aromatic rings. The fourth-order valence-electron chi connectivity index (χ4n) is 2.41. The van der Waals surface area contributed by atoms with E-state index in [2.05, 4.69) is 0 Å². The smallest absolute Gasteiger partial charge is 0.207 e. The molecule has 0 saturated carbocycles. The molecular formula is C15H14ClNO2S. The third-order valence-corrected chi connectivity index (χ3v) is 5.60. The Hall–Kier alpha value is -1.36. The van der Waals surface area contributed by atoms with Gasteiger partial charge in [-0.15, -0.1) is 11.6 Å². The summed E-state index contributed by atoms with van der Waals surface area (Å²) in [5.74, 6) is 0.309. The molecule has 3 nitrogen and oxygen atoms in total. The van der Waals surface area contributed by atoms with Gasteiger partial charge in [0.25, 0.3) is 0 Å². The Bertz CT molecular complexity index is 718. The molecule has 0 aromatic heterocycles. The molecule has 2 aromatic carbocycles. The summed E-state index contributed by atoms with van der Waals surface area (Å²) in [6, 6.07) is 14.6. The Balaban J connectivity index is 1.94. The van der Waals surface area contributed by atoms with E-state index >= 15 is 0 Å². The van der Waals surface area contributed by atoms with Crippen LogP contribution in [0.4, 0.5) is 0 Å². The van der Waals surface area contributed by atoms with Gasteiger partial charge in [-0.05, 0) is 28.8 Å². The molecule has 3 rings (SSSR count). The number of alkyl halides is 1. The van der Waals surface area contributed by atoms with Crippen molar-refractivity contribution in [2.24, 2.45) is 0 Å². The van der Waals surface area contributed by atoms with Gasteiger partial charge in [-0.1, -0.05) is 36.4 Å². The fourth-order valence-corrected chi connectivity index (χ4v) is 4.04. The first kappa shape index (κ1) is 13.6. The highest BCUT2D eigenvalue weighted by Crippen LogP contribution is 2.28. The molecule has 20 heavy (non-hydrogen) atoms. The zero-order chi connectivity index (χ0) is 14.2. The lowest BCUT2D eigenvalue weighted by atomic mass is 10.1. The van der Waals surface area contributed by atoms with Gasteiger partial charge in [0.05, 0.1) is 4.90 Å². The average molecular weight is 308 g/mol. The van der Waals surface area contributed by atoms with Gasteiger partial charge in [0.2, 0.25) is 10.0 Å². The zero-order valence-electron chi connectivity index (χ0n) is 10.8. The van der Waals surface area contributed by atoms with Gasteiger partial charge < -0.3 is 0 Å². The van der Waals surface area contributed by atoms with Crippen molar-refractivity contribution in [3.8, 4) is 0 Å². The predicted octanol–water partition coefficient (Wildman–Crippen LogP) is 3.13. The molecule has 104 valence electrons. The number of hydrogen-bond acceptors (Lipinski definition) is 2. The second-order valence-electron chi connectivity index (χ2n) is 4.82. The normalized spacial score (nSPS) is 15.2. The monoisotopic (exact) mass is 307 g/mol. The van der Waals surface area contributed by atoms with Crippen molar-refractivity contribution in [2.75, 3.05) is 0 Å². The molecule has 0 N–H and O–H groups in total. The van der Waals surface area contributed by atoms with Crippen LogP contribution in [0.3, 0.4) is 0 Å². The van der Waals surface area contributed by atoms with E-state index in [9.17, 15) is 8.42 Å². The fraction of sp³-hybridized carbons (Fsp3) is 0.200. The number of hydrogen-bond donors (Lipinski definition) is 0. The third-order valence-electron chi connectivity index (χ3n) is 3.50. The lowest BCUT2D eigenvalue weighted by molar-refractivity contribution is 0.431. The highest BCUT2D eigenvalue weighted by molar-refractivity contribution is 7.89. The van der Waals surface area contributed by atoms with Crippen LogP contribution in [0.15, 0.2) is 53.4 Å². The van der Waals surface area contributed by atoms with Crippen molar-refractivity contribution in [1.82, 2.24) is 4.31 Å². The first-order valence-electron chi connectivity index (χ1n) is 6.33. The summed E-state index contributed by atoms with van der Waals surface area (Å²) in [4.78, 5) is 0.309. The van der Waals surface area contributed by atoms with E-state index in [-0.39, 0.29) is 0 Å². The maximum absolute atomic E-state index is 12.7. The molecule has 0 atom stereocenters. The van der Waals surface area contributed by atoms with Gasteiger partial charge in [0.15, 0.2) is 0 Å². The Morgan fingerprint density at radius 2 is 1.65 bits per heavy atom. The number of rotatable bonds is 3. The molecule has 0 radical (unpaired) electrons. The summed E-state index contributed by atoms with van der Waals surface area (Å²) in [7, 11) is -3.46. The highest BCUT2D eigenvalue weighted by Gasteiger charge is 2.30. The van der Waals surface area contributed by atoms with Crippen LogP contribution in [0.1, 0.15) is 16.7 Å². The largest absolute Gasteiger partial charge is 0.243 e. The van der Waals surface area contributed by atoms with Gasteiger partial charge in [-0.3, -0.25) is 0 Å². The van der Waals surface area contributed by atoms with E-state index < -0.39 is 10.0 Å². The van der Waals surface area contributed by atoms with E-state index in [4.69, 9.17) is 11.6 Å². The minimum atomic E-state index is -3.46. The van der Waals surface area contributed by atoms with E-state index in [1.54, 1.807) is 18.2 Å². The summed E-state index contributed by atoms with van der Waals surface area (Å²) in [5.41, 5.74) is 2.96. The lowest BCUT2D eigenvalue weighted by Gasteiger charge is -2.16. The van der Waals surface area contributed by atoms with Gasteiger partial charge in [0.1, 0.15) is 0 Å². The maximum atomic E-state index is 12.7. The Kier molecular flexibility index (Phi) is 3.54. The van der Waals surface area contributed by atoms with Gasteiger partial charge >= 0.3 is 0 Å². The van der Waals surface area contributed by atoms with Crippen LogP contribution < -0.4 is 0 Å². The van der Waals surface area contributed by atoms with E-state index in [1.165, 1.54) is 4.31 Å². The molecule has 0 amide bonds. The molecule has 0 fully saturated rings. The van der Waals surface area contributed by atoms with Crippen LogP contribution in [0.2, 0.25) is 0 Å². The summed E-state index contributed by atoms with van der Waals surface area (Å²) in [6.07, 6.45) is 0. The van der Waals surface area contributed by atoms with Crippen LogP contribution in [-0.4, -0.2) is 12.7 Å².